The number of rotatable bonds is 5. The Morgan fingerprint density at radius 1 is 1.27 bits per heavy atom. The minimum absolute atomic E-state index is 0.0110. The van der Waals surface area contributed by atoms with Gasteiger partial charge in [-0.1, -0.05) is 41.9 Å². The Kier molecular flexibility index (Phi) is 3.76. The molecule has 1 aliphatic carbocycles. The predicted molar refractivity (Wildman–Crippen MR) is 83.8 cm³/mol. The monoisotopic (exact) mass is 357 g/mol. The number of nitrogens with one attached hydrogen (secondary N) is 1. The number of sulfonamides is 1. The largest absolute Gasteiger partial charge is 0.480 e. The summed E-state index contributed by atoms with van der Waals surface area (Å²) in [4.78, 5) is 11.6. The summed E-state index contributed by atoms with van der Waals surface area (Å²) in [5.41, 5.74) is -0.687. The second-order valence-electron chi connectivity index (χ2n) is 5.11. The average Bonchev–Trinajstić information content (AvgIpc) is 3.02. The molecule has 0 amide bonds. The second-order valence-corrected chi connectivity index (χ2v) is 8.73. The number of benzene rings is 1. The SMILES string of the molecule is O=C(O)C1(NS(=O)(=O)c2ccc(Cl)s2)C[C@H]1c1ccccc1. The molecule has 2 aromatic rings. The molecule has 0 saturated heterocycles. The summed E-state index contributed by atoms with van der Waals surface area (Å²) in [5.74, 6) is -1.55. The Balaban J connectivity index is 1.90. The molecular weight excluding hydrogens is 346 g/mol. The summed E-state index contributed by atoms with van der Waals surface area (Å²) < 4.78 is 27.4. The average molecular weight is 358 g/mol. The third-order valence-corrected chi connectivity index (χ3v) is 6.91. The van der Waals surface area contributed by atoms with Gasteiger partial charge in [0, 0.05) is 5.92 Å². The summed E-state index contributed by atoms with van der Waals surface area (Å²) >= 11 is 6.64. The molecule has 5 nitrogen and oxygen atoms in total. The van der Waals surface area contributed by atoms with E-state index in [1.807, 2.05) is 6.07 Å². The van der Waals surface area contributed by atoms with Crippen molar-refractivity contribution in [1.82, 2.24) is 4.72 Å². The first kappa shape index (κ1) is 15.5. The van der Waals surface area contributed by atoms with Gasteiger partial charge in [-0.15, -0.1) is 11.3 Å². The van der Waals surface area contributed by atoms with Crippen molar-refractivity contribution >= 4 is 38.9 Å². The summed E-state index contributed by atoms with van der Waals surface area (Å²) in [7, 11) is -3.92. The van der Waals surface area contributed by atoms with Crippen LogP contribution in [0, 0.1) is 0 Å². The van der Waals surface area contributed by atoms with Crippen molar-refractivity contribution in [2.24, 2.45) is 0 Å². The highest BCUT2D eigenvalue weighted by atomic mass is 35.5. The summed E-state index contributed by atoms with van der Waals surface area (Å²) in [6.07, 6.45) is 0.227. The molecule has 1 heterocycles. The van der Waals surface area contributed by atoms with Gasteiger partial charge in [0.1, 0.15) is 9.75 Å². The summed E-state index contributed by atoms with van der Waals surface area (Å²) in [6.45, 7) is 0. The van der Waals surface area contributed by atoms with E-state index in [-0.39, 0.29) is 16.5 Å². The van der Waals surface area contributed by atoms with Gasteiger partial charge in [0.2, 0.25) is 0 Å². The van der Waals surface area contributed by atoms with Gasteiger partial charge in [0.15, 0.2) is 0 Å². The quantitative estimate of drug-likeness (QED) is 0.861. The summed E-state index contributed by atoms with van der Waals surface area (Å²) in [6, 6.07) is 11.9. The first-order valence-corrected chi connectivity index (χ1v) is 9.10. The number of halogens is 1. The molecule has 116 valence electrons. The van der Waals surface area contributed by atoms with Crippen molar-refractivity contribution in [2.75, 3.05) is 0 Å². The van der Waals surface area contributed by atoms with Crippen LogP contribution in [0.2, 0.25) is 4.34 Å². The molecule has 1 unspecified atom stereocenters. The lowest BCUT2D eigenvalue weighted by molar-refractivity contribution is -0.140. The fourth-order valence-corrected chi connectivity index (χ4v) is 5.36. The van der Waals surface area contributed by atoms with Crippen molar-refractivity contribution in [1.29, 1.82) is 0 Å². The van der Waals surface area contributed by atoms with Crippen LogP contribution >= 0.6 is 22.9 Å². The lowest BCUT2D eigenvalue weighted by Crippen LogP contribution is -2.44. The van der Waals surface area contributed by atoms with Crippen LogP contribution in [0.4, 0.5) is 0 Å². The minimum atomic E-state index is -3.92. The second kappa shape index (κ2) is 5.34. The van der Waals surface area contributed by atoms with E-state index in [0.717, 1.165) is 16.9 Å². The van der Waals surface area contributed by atoms with Crippen LogP contribution in [0.3, 0.4) is 0 Å². The number of carboxylic acid groups (broad SMARTS) is 1. The third-order valence-electron chi connectivity index (χ3n) is 3.67. The smallest absolute Gasteiger partial charge is 0.325 e. The Labute approximate surface area is 136 Å². The Morgan fingerprint density at radius 2 is 1.95 bits per heavy atom. The Morgan fingerprint density at radius 3 is 2.50 bits per heavy atom. The van der Waals surface area contributed by atoms with Crippen molar-refractivity contribution in [3.05, 3.63) is 52.4 Å². The highest BCUT2D eigenvalue weighted by Gasteiger charge is 2.63. The highest BCUT2D eigenvalue weighted by Crippen LogP contribution is 2.52. The van der Waals surface area contributed by atoms with Crippen LogP contribution in [0.1, 0.15) is 17.9 Å². The molecule has 1 aliphatic rings. The zero-order valence-corrected chi connectivity index (χ0v) is 13.6. The van der Waals surface area contributed by atoms with Crippen LogP contribution in [0.15, 0.2) is 46.7 Å². The molecule has 0 aliphatic heterocycles. The molecule has 22 heavy (non-hydrogen) atoms. The van der Waals surface area contributed by atoms with Gasteiger partial charge in [-0.25, -0.2) is 8.42 Å². The molecule has 0 spiro atoms. The van der Waals surface area contributed by atoms with Gasteiger partial charge in [0.05, 0.1) is 4.34 Å². The zero-order chi connectivity index (χ0) is 16.0. The van der Waals surface area contributed by atoms with Crippen LogP contribution in [0.5, 0.6) is 0 Å². The van der Waals surface area contributed by atoms with E-state index < -0.39 is 21.5 Å². The lowest BCUT2D eigenvalue weighted by atomic mass is 10.1. The molecule has 2 atom stereocenters. The lowest BCUT2D eigenvalue weighted by Gasteiger charge is -2.14. The van der Waals surface area contributed by atoms with Gasteiger partial charge >= 0.3 is 5.97 Å². The molecule has 1 saturated carbocycles. The van der Waals surface area contributed by atoms with Gasteiger partial charge < -0.3 is 5.11 Å². The number of aliphatic carboxylic acids is 1. The molecule has 0 bridgehead atoms. The first-order chi connectivity index (χ1) is 10.3. The van der Waals surface area contributed by atoms with E-state index in [1.165, 1.54) is 12.1 Å². The Bertz CT molecular complexity index is 818. The predicted octanol–water partition coefficient (Wildman–Crippen LogP) is 2.69. The van der Waals surface area contributed by atoms with E-state index in [9.17, 15) is 18.3 Å². The van der Waals surface area contributed by atoms with Crippen LogP contribution < -0.4 is 4.72 Å². The summed E-state index contributed by atoms with van der Waals surface area (Å²) in [5, 5.41) is 9.50. The molecular formula is C14H12ClNO4S2. The van der Waals surface area contributed by atoms with E-state index in [1.54, 1.807) is 24.3 Å². The van der Waals surface area contributed by atoms with E-state index in [0.29, 0.717) is 4.34 Å². The minimum Gasteiger partial charge on any atom is -0.480 e. The number of hydrogen-bond acceptors (Lipinski definition) is 4. The Hall–Kier alpha value is -1.41. The number of hydrogen-bond donors (Lipinski definition) is 2. The molecule has 2 N–H and O–H groups in total. The zero-order valence-electron chi connectivity index (χ0n) is 11.2. The van der Waals surface area contributed by atoms with Gasteiger partial charge in [-0.3, -0.25) is 4.79 Å². The van der Waals surface area contributed by atoms with Crippen molar-refractivity contribution < 1.29 is 18.3 Å². The maximum atomic E-state index is 12.4. The maximum Gasteiger partial charge on any atom is 0.325 e. The first-order valence-electron chi connectivity index (χ1n) is 6.43. The van der Waals surface area contributed by atoms with Crippen molar-refractivity contribution in [3.63, 3.8) is 0 Å². The van der Waals surface area contributed by atoms with Gasteiger partial charge in [0.25, 0.3) is 10.0 Å². The third kappa shape index (κ3) is 2.65. The van der Waals surface area contributed by atoms with Gasteiger partial charge in [-0.05, 0) is 24.1 Å². The molecule has 1 aromatic heterocycles. The van der Waals surface area contributed by atoms with Crippen LogP contribution in [-0.2, 0) is 14.8 Å². The van der Waals surface area contributed by atoms with Crippen LogP contribution in [-0.4, -0.2) is 25.0 Å². The molecule has 1 fully saturated rings. The van der Waals surface area contributed by atoms with E-state index in [2.05, 4.69) is 4.72 Å². The number of carbonyl (C=O) groups is 1. The molecule has 1 aromatic carbocycles. The van der Waals surface area contributed by atoms with E-state index in [4.69, 9.17) is 11.6 Å². The van der Waals surface area contributed by atoms with Gasteiger partial charge in [-0.2, -0.15) is 4.72 Å². The van der Waals surface area contributed by atoms with Crippen molar-refractivity contribution in [3.8, 4) is 0 Å². The normalized spacial score (nSPS) is 24.1. The fourth-order valence-electron chi connectivity index (χ4n) is 2.48. The standard InChI is InChI=1S/C14H12ClNO4S2/c15-11-6-7-12(21-11)22(19,20)16-14(13(17)18)8-10(14)9-4-2-1-3-5-9/h1-7,10,16H,8H2,(H,17,18)/t10-,14?/m0/s1. The molecule has 8 heteroatoms. The maximum absolute atomic E-state index is 12.4. The van der Waals surface area contributed by atoms with Crippen LogP contribution in [0.25, 0.3) is 0 Å². The number of thiophene rings is 1. The number of carboxylic acids is 1. The van der Waals surface area contributed by atoms with Crippen molar-refractivity contribution in [2.45, 2.75) is 22.1 Å². The van der Waals surface area contributed by atoms with E-state index >= 15 is 0 Å². The molecule has 0 radical (unpaired) electrons. The molecule has 3 rings (SSSR count). The fraction of sp³-hybridized carbons (Fsp3) is 0.214. The topological polar surface area (TPSA) is 83.5 Å². The highest BCUT2D eigenvalue weighted by molar-refractivity contribution is 7.91.